The van der Waals surface area contributed by atoms with E-state index < -0.39 is 11.0 Å². The third kappa shape index (κ3) is 2.20. The molecule has 0 aromatic rings. The number of carbonyl (C=O) groups excluding carboxylic acids is 1. The van der Waals surface area contributed by atoms with Crippen LogP contribution < -0.4 is 0 Å². The van der Waals surface area contributed by atoms with Crippen LogP contribution in [-0.4, -0.2) is 47.8 Å². The molecule has 0 aromatic heterocycles. The lowest BCUT2D eigenvalue weighted by Crippen LogP contribution is -2.56. The van der Waals surface area contributed by atoms with Gasteiger partial charge in [-0.25, -0.2) is 0 Å². The molecule has 0 unspecified atom stereocenters. The minimum atomic E-state index is -0.925. The van der Waals surface area contributed by atoms with Crippen molar-refractivity contribution in [3.05, 3.63) is 0 Å². The second-order valence-electron chi connectivity index (χ2n) is 5.92. The zero-order chi connectivity index (χ0) is 12.7. The Morgan fingerprint density at radius 2 is 1.88 bits per heavy atom. The number of carbonyl (C=O) groups is 1. The van der Waals surface area contributed by atoms with Gasteiger partial charge in [0.2, 0.25) is 0 Å². The van der Waals surface area contributed by atoms with Gasteiger partial charge in [0.1, 0.15) is 0 Å². The lowest BCUT2D eigenvalue weighted by molar-refractivity contribution is -0.174. The van der Waals surface area contributed by atoms with Crippen LogP contribution in [0.25, 0.3) is 0 Å². The fourth-order valence-electron chi connectivity index (χ4n) is 2.77. The number of hydrogen-bond acceptors (Lipinski definition) is 4. The number of likely N-dealkylation sites (tertiary alicyclic amines) is 1. The molecule has 1 saturated heterocycles. The normalized spacial score (nSPS) is 25.6. The second-order valence-corrected chi connectivity index (χ2v) is 5.92. The molecule has 1 heterocycles. The zero-order valence-corrected chi connectivity index (χ0v) is 11.0. The molecule has 17 heavy (non-hydrogen) atoms. The average molecular weight is 241 g/mol. The maximum absolute atomic E-state index is 11.8. The molecule has 1 saturated carbocycles. The summed E-state index contributed by atoms with van der Waals surface area (Å²) in [6, 6.07) is 0.737. The third-order valence-corrected chi connectivity index (χ3v) is 4.55. The highest BCUT2D eigenvalue weighted by Crippen LogP contribution is 2.42. The third-order valence-electron chi connectivity index (χ3n) is 4.55. The number of hydrogen-bond donors (Lipinski definition) is 1. The van der Waals surface area contributed by atoms with E-state index >= 15 is 0 Å². The molecule has 0 radical (unpaired) electrons. The van der Waals surface area contributed by atoms with Crippen LogP contribution >= 0.6 is 0 Å². The number of rotatable bonds is 3. The highest BCUT2D eigenvalue weighted by Gasteiger charge is 2.51. The van der Waals surface area contributed by atoms with Crippen molar-refractivity contribution in [1.29, 1.82) is 0 Å². The van der Waals surface area contributed by atoms with Crippen molar-refractivity contribution in [2.24, 2.45) is 5.41 Å². The molecule has 0 atom stereocenters. The summed E-state index contributed by atoms with van der Waals surface area (Å²) in [6.45, 7) is 5.35. The summed E-state index contributed by atoms with van der Waals surface area (Å²) in [5.41, 5.74) is -1.75. The lowest BCUT2D eigenvalue weighted by Gasteiger charge is -2.46. The van der Waals surface area contributed by atoms with Gasteiger partial charge >= 0.3 is 5.97 Å². The van der Waals surface area contributed by atoms with Crippen LogP contribution in [0.5, 0.6) is 0 Å². The number of aliphatic hydroxyl groups is 1. The number of ether oxygens (including phenoxy) is 1. The summed E-state index contributed by atoms with van der Waals surface area (Å²) < 4.78 is 4.81. The largest absolute Gasteiger partial charge is 0.469 e. The van der Waals surface area contributed by atoms with Crippen molar-refractivity contribution >= 4 is 5.97 Å². The van der Waals surface area contributed by atoms with Gasteiger partial charge in [-0.3, -0.25) is 4.79 Å². The summed E-state index contributed by atoms with van der Waals surface area (Å²) in [5, 5.41) is 10.7. The molecule has 0 amide bonds. The lowest BCUT2D eigenvalue weighted by atomic mass is 9.69. The Hall–Kier alpha value is -0.610. The number of esters is 1. The molecule has 1 aliphatic carbocycles. The molecule has 0 spiro atoms. The number of methoxy groups -OCH3 is 1. The average Bonchev–Trinajstić information content (AvgIpc) is 3.12. The highest BCUT2D eigenvalue weighted by atomic mass is 16.5. The van der Waals surface area contributed by atoms with Gasteiger partial charge < -0.3 is 14.7 Å². The zero-order valence-electron chi connectivity index (χ0n) is 11.0. The summed E-state index contributed by atoms with van der Waals surface area (Å²) in [7, 11) is 1.38. The maximum atomic E-state index is 11.8. The molecule has 0 aromatic carbocycles. The summed E-state index contributed by atoms with van der Waals surface area (Å²) in [6.07, 6.45) is 3.90. The van der Waals surface area contributed by atoms with Gasteiger partial charge in [0.05, 0.1) is 18.1 Å². The standard InChI is InChI=1S/C13H23NO3/c1-12(2,11(15)17-3)13(16)6-8-14(9-7-13)10-4-5-10/h10,16H,4-9H2,1-3H3. The topological polar surface area (TPSA) is 49.8 Å². The van der Waals surface area contributed by atoms with E-state index in [1.807, 2.05) is 0 Å². The van der Waals surface area contributed by atoms with E-state index in [0.29, 0.717) is 12.8 Å². The summed E-state index contributed by atoms with van der Waals surface area (Å²) in [5.74, 6) is -0.320. The number of nitrogens with zero attached hydrogens (tertiary/aromatic N) is 1. The van der Waals surface area contributed by atoms with Crippen LogP contribution in [0.4, 0.5) is 0 Å². The fourth-order valence-corrected chi connectivity index (χ4v) is 2.77. The second kappa shape index (κ2) is 4.25. The van der Waals surface area contributed by atoms with Crippen LogP contribution in [0.2, 0.25) is 0 Å². The van der Waals surface area contributed by atoms with Crippen molar-refractivity contribution in [2.45, 2.75) is 51.2 Å². The molecule has 2 rings (SSSR count). The van der Waals surface area contributed by atoms with Crippen LogP contribution in [0, 0.1) is 5.41 Å². The summed E-state index contributed by atoms with van der Waals surface area (Å²) >= 11 is 0. The molecule has 2 fully saturated rings. The fraction of sp³-hybridized carbons (Fsp3) is 0.923. The van der Waals surface area contributed by atoms with Crippen molar-refractivity contribution in [3.63, 3.8) is 0 Å². The maximum Gasteiger partial charge on any atom is 0.314 e. The SMILES string of the molecule is COC(=O)C(C)(C)C1(O)CCN(C2CC2)CC1. The Morgan fingerprint density at radius 1 is 1.35 bits per heavy atom. The molecule has 4 heteroatoms. The van der Waals surface area contributed by atoms with Crippen LogP contribution in [0.3, 0.4) is 0 Å². The summed E-state index contributed by atoms with van der Waals surface area (Å²) in [4.78, 5) is 14.2. The smallest absolute Gasteiger partial charge is 0.314 e. The Labute approximate surface area is 103 Å². The highest BCUT2D eigenvalue weighted by molar-refractivity contribution is 5.77. The molecule has 98 valence electrons. The van der Waals surface area contributed by atoms with Crippen LogP contribution in [-0.2, 0) is 9.53 Å². The van der Waals surface area contributed by atoms with E-state index in [1.54, 1.807) is 13.8 Å². The van der Waals surface area contributed by atoms with Gasteiger partial charge in [-0.05, 0) is 39.5 Å². The molecular weight excluding hydrogens is 218 g/mol. The van der Waals surface area contributed by atoms with E-state index in [9.17, 15) is 9.90 Å². The van der Waals surface area contributed by atoms with Gasteiger partial charge in [-0.2, -0.15) is 0 Å². The van der Waals surface area contributed by atoms with E-state index in [2.05, 4.69) is 4.90 Å². The first-order chi connectivity index (χ1) is 7.90. The Balaban J connectivity index is 2.02. The first-order valence-corrected chi connectivity index (χ1v) is 6.45. The van der Waals surface area contributed by atoms with Gasteiger partial charge in [0.25, 0.3) is 0 Å². The monoisotopic (exact) mass is 241 g/mol. The first kappa shape index (κ1) is 12.8. The predicted molar refractivity (Wildman–Crippen MR) is 64.6 cm³/mol. The van der Waals surface area contributed by atoms with Crippen molar-refractivity contribution in [2.75, 3.05) is 20.2 Å². The van der Waals surface area contributed by atoms with Crippen molar-refractivity contribution in [3.8, 4) is 0 Å². The van der Waals surface area contributed by atoms with E-state index in [4.69, 9.17) is 4.74 Å². The van der Waals surface area contributed by atoms with Gasteiger partial charge in [0.15, 0.2) is 0 Å². The molecule has 1 aliphatic heterocycles. The van der Waals surface area contributed by atoms with Crippen molar-refractivity contribution < 1.29 is 14.6 Å². The number of piperidine rings is 1. The van der Waals surface area contributed by atoms with Gasteiger partial charge in [-0.15, -0.1) is 0 Å². The Morgan fingerprint density at radius 3 is 2.29 bits per heavy atom. The minimum Gasteiger partial charge on any atom is -0.469 e. The quantitative estimate of drug-likeness (QED) is 0.754. The molecule has 4 nitrogen and oxygen atoms in total. The predicted octanol–water partition coefficient (Wildman–Crippen LogP) is 1.17. The Bertz CT molecular complexity index is 302. The van der Waals surface area contributed by atoms with Gasteiger partial charge in [0, 0.05) is 19.1 Å². The minimum absolute atomic E-state index is 0.320. The van der Waals surface area contributed by atoms with E-state index in [1.165, 1.54) is 20.0 Å². The molecule has 2 aliphatic rings. The molecule has 0 bridgehead atoms. The Kier molecular flexibility index (Phi) is 3.21. The van der Waals surface area contributed by atoms with E-state index in [0.717, 1.165) is 19.1 Å². The molecule has 1 N–H and O–H groups in total. The van der Waals surface area contributed by atoms with Crippen LogP contribution in [0.15, 0.2) is 0 Å². The van der Waals surface area contributed by atoms with Crippen molar-refractivity contribution in [1.82, 2.24) is 4.90 Å². The van der Waals surface area contributed by atoms with Gasteiger partial charge in [-0.1, -0.05) is 0 Å². The van der Waals surface area contributed by atoms with Crippen LogP contribution in [0.1, 0.15) is 39.5 Å². The molecular formula is C13H23NO3. The van der Waals surface area contributed by atoms with E-state index in [-0.39, 0.29) is 5.97 Å². The first-order valence-electron chi connectivity index (χ1n) is 6.45.